The van der Waals surface area contributed by atoms with E-state index in [1.165, 1.54) is 9.98 Å². The molecule has 0 aromatic heterocycles. The summed E-state index contributed by atoms with van der Waals surface area (Å²) in [4.78, 5) is 2.78. The molecule has 0 saturated heterocycles. The Balaban J connectivity index is 3.53. The summed E-state index contributed by atoms with van der Waals surface area (Å²) in [5.41, 5.74) is 0. The third kappa shape index (κ3) is 3.54. The zero-order valence-corrected chi connectivity index (χ0v) is 12.0. The SMILES string of the molecule is OC1(F)N=C(C(F)(F)C(F)(F)C(F)(F)F)NC(C(F)(F)C(F)(F)C(F)(F)F)=N1. The van der Waals surface area contributed by atoms with Crippen molar-refractivity contribution in [1.29, 1.82) is 0 Å². The third-order valence-electron chi connectivity index (χ3n) is 2.84. The molecule has 0 aliphatic carbocycles. The van der Waals surface area contributed by atoms with Gasteiger partial charge >= 0.3 is 42.1 Å². The predicted octanol–water partition coefficient (Wildman–Crippen LogP) is 3.63. The van der Waals surface area contributed by atoms with Crippen LogP contribution in [-0.4, -0.2) is 58.9 Å². The zero-order valence-electron chi connectivity index (χ0n) is 12.0. The number of halogens is 15. The van der Waals surface area contributed by atoms with Crippen LogP contribution < -0.4 is 5.32 Å². The van der Waals surface area contributed by atoms with Gasteiger partial charge in [0.2, 0.25) is 0 Å². The zero-order chi connectivity index (χ0) is 22.8. The molecule has 28 heavy (non-hydrogen) atoms. The lowest BCUT2D eigenvalue weighted by molar-refractivity contribution is -0.338. The lowest BCUT2D eigenvalue weighted by atomic mass is 10.1. The number of rotatable bonds is 4. The quantitative estimate of drug-likeness (QED) is 0.505. The van der Waals surface area contributed by atoms with Gasteiger partial charge in [0, 0.05) is 0 Å². The minimum Gasteiger partial charge on any atom is -0.324 e. The summed E-state index contributed by atoms with van der Waals surface area (Å²) in [6.45, 7) is 0. The highest BCUT2D eigenvalue weighted by Gasteiger charge is 2.78. The second-order valence-electron chi connectivity index (χ2n) is 4.89. The highest BCUT2D eigenvalue weighted by molar-refractivity contribution is 6.08. The van der Waals surface area contributed by atoms with E-state index in [1.807, 2.05) is 0 Å². The Labute approximate surface area is 141 Å². The smallest absolute Gasteiger partial charge is 0.324 e. The molecule has 1 heterocycles. The molecule has 0 atom stereocenters. The van der Waals surface area contributed by atoms with Gasteiger partial charge in [0.15, 0.2) is 11.7 Å². The second-order valence-corrected chi connectivity index (χ2v) is 4.89. The summed E-state index contributed by atoms with van der Waals surface area (Å²) >= 11 is 0. The molecule has 0 radical (unpaired) electrons. The fourth-order valence-corrected chi connectivity index (χ4v) is 1.43. The van der Waals surface area contributed by atoms with Crippen LogP contribution in [0, 0.1) is 0 Å². The summed E-state index contributed by atoms with van der Waals surface area (Å²) in [6.07, 6.45) is -19.7. The maximum Gasteiger partial charge on any atom is 0.460 e. The van der Waals surface area contributed by atoms with Crippen LogP contribution in [0.4, 0.5) is 65.9 Å². The molecule has 0 aromatic carbocycles. The number of hydrogen-bond acceptors (Lipinski definition) is 4. The van der Waals surface area contributed by atoms with Crippen molar-refractivity contribution in [3.05, 3.63) is 0 Å². The second kappa shape index (κ2) is 6.02. The van der Waals surface area contributed by atoms with Gasteiger partial charge in [-0.2, -0.15) is 75.8 Å². The Morgan fingerprint density at radius 2 is 0.857 bits per heavy atom. The number of amidine groups is 2. The van der Waals surface area contributed by atoms with Gasteiger partial charge in [0.25, 0.3) is 0 Å². The Morgan fingerprint density at radius 3 is 1.07 bits per heavy atom. The van der Waals surface area contributed by atoms with Crippen molar-refractivity contribution >= 4 is 11.7 Å². The van der Waals surface area contributed by atoms with Crippen LogP contribution in [0.2, 0.25) is 0 Å². The molecule has 1 aliphatic heterocycles. The average molecular weight is 453 g/mol. The monoisotopic (exact) mass is 453 g/mol. The van der Waals surface area contributed by atoms with E-state index >= 15 is 0 Å². The van der Waals surface area contributed by atoms with E-state index in [-0.39, 0.29) is 5.32 Å². The summed E-state index contributed by atoms with van der Waals surface area (Å²) in [5.74, 6) is -35.3. The van der Waals surface area contributed by atoms with Gasteiger partial charge in [-0.1, -0.05) is 0 Å². The largest absolute Gasteiger partial charge is 0.460 e. The first kappa shape index (κ1) is 24.1. The number of nitrogens with one attached hydrogen (secondary N) is 1. The van der Waals surface area contributed by atoms with Gasteiger partial charge in [-0.25, -0.2) is 0 Å². The van der Waals surface area contributed by atoms with E-state index in [2.05, 4.69) is 0 Å². The molecule has 19 heteroatoms. The number of aliphatic hydroxyl groups is 1. The maximum absolute atomic E-state index is 13.4. The van der Waals surface area contributed by atoms with E-state index < -0.39 is 53.8 Å². The fourth-order valence-electron chi connectivity index (χ4n) is 1.43. The minimum atomic E-state index is -7.23. The van der Waals surface area contributed by atoms with Crippen molar-refractivity contribution in [2.24, 2.45) is 9.98 Å². The third-order valence-corrected chi connectivity index (χ3v) is 2.84. The van der Waals surface area contributed by atoms with E-state index in [9.17, 15) is 65.9 Å². The van der Waals surface area contributed by atoms with E-state index in [0.29, 0.717) is 0 Å². The van der Waals surface area contributed by atoms with Crippen LogP contribution >= 0.6 is 0 Å². The van der Waals surface area contributed by atoms with Gasteiger partial charge in [0.1, 0.15) is 0 Å². The van der Waals surface area contributed by atoms with Crippen LogP contribution in [0.15, 0.2) is 9.98 Å². The molecule has 4 nitrogen and oxygen atoms in total. The predicted molar refractivity (Wildman–Crippen MR) is 56.0 cm³/mol. The fraction of sp³-hybridized carbons (Fsp3) is 0.778. The number of alkyl halides is 15. The van der Waals surface area contributed by atoms with Crippen LogP contribution in [0.5, 0.6) is 0 Å². The molecule has 0 bridgehead atoms. The summed E-state index contributed by atoms with van der Waals surface area (Å²) in [7, 11) is 0. The normalized spacial score (nSPS) is 19.7. The van der Waals surface area contributed by atoms with E-state index in [0.717, 1.165) is 0 Å². The minimum absolute atomic E-state index is 0.114. The Kier molecular flexibility index (Phi) is 5.18. The van der Waals surface area contributed by atoms with Crippen molar-refractivity contribution in [2.45, 2.75) is 42.1 Å². The number of nitrogens with zero attached hydrogens (tertiary/aromatic N) is 2. The molecule has 0 aromatic rings. The summed E-state index contributed by atoms with van der Waals surface area (Å²) in [5, 5.41) is 8.46. The topological polar surface area (TPSA) is 57.0 Å². The molecule has 1 aliphatic rings. The van der Waals surface area contributed by atoms with Gasteiger partial charge < -0.3 is 10.4 Å². The molecule has 0 unspecified atom stereocenters. The molecule has 0 saturated carbocycles. The number of aliphatic imine (C=N–C) groups is 2. The maximum atomic E-state index is 13.4. The van der Waals surface area contributed by atoms with Crippen molar-refractivity contribution in [3.8, 4) is 0 Å². The van der Waals surface area contributed by atoms with Crippen LogP contribution in [-0.2, 0) is 0 Å². The lowest BCUT2D eigenvalue weighted by Crippen LogP contribution is -2.66. The van der Waals surface area contributed by atoms with Crippen molar-refractivity contribution in [3.63, 3.8) is 0 Å². The van der Waals surface area contributed by atoms with Gasteiger partial charge in [-0.05, 0) is 0 Å². The van der Waals surface area contributed by atoms with Crippen LogP contribution in [0.25, 0.3) is 0 Å². The van der Waals surface area contributed by atoms with Crippen molar-refractivity contribution in [2.75, 3.05) is 0 Å². The Bertz CT molecular complexity index is 630. The first-order valence-electron chi connectivity index (χ1n) is 5.95. The highest BCUT2D eigenvalue weighted by atomic mass is 19.4. The molecule has 164 valence electrons. The average Bonchev–Trinajstić information content (AvgIpc) is 2.42. The molecular weight excluding hydrogens is 451 g/mol. The van der Waals surface area contributed by atoms with Crippen molar-refractivity contribution in [1.82, 2.24) is 5.32 Å². The Morgan fingerprint density at radius 1 is 0.607 bits per heavy atom. The standard InChI is InChI=1S/C9H2F15N3O/c10-3(11,5(14,15)7(18,19)20)1-25-2(27-9(24,28)26-1)4(12,13)6(16,17)8(21,22)23/h28H,(H,25,26,27). The van der Waals surface area contributed by atoms with Gasteiger partial charge in [-0.3, -0.25) is 0 Å². The van der Waals surface area contributed by atoms with E-state index in [1.54, 1.807) is 0 Å². The van der Waals surface area contributed by atoms with Crippen molar-refractivity contribution < 1.29 is 71.0 Å². The molecule has 0 spiro atoms. The highest BCUT2D eigenvalue weighted by Crippen LogP contribution is 2.50. The molecule has 1 rings (SSSR count). The summed E-state index contributed by atoms with van der Waals surface area (Å²) < 4.78 is 190. The first-order chi connectivity index (χ1) is 11.9. The molecule has 0 amide bonds. The van der Waals surface area contributed by atoms with Crippen LogP contribution in [0.1, 0.15) is 0 Å². The molecule has 2 N–H and O–H groups in total. The lowest BCUT2D eigenvalue weighted by Gasteiger charge is -2.35. The van der Waals surface area contributed by atoms with E-state index in [4.69, 9.17) is 5.11 Å². The van der Waals surface area contributed by atoms with Gasteiger partial charge in [-0.15, -0.1) is 0 Å². The first-order valence-corrected chi connectivity index (χ1v) is 5.95. The molecule has 0 fully saturated rings. The Hall–Kier alpha value is -1.95. The molecular formula is C9H2F15N3O. The van der Waals surface area contributed by atoms with Gasteiger partial charge in [0.05, 0.1) is 0 Å². The van der Waals surface area contributed by atoms with Crippen LogP contribution in [0.3, 0.4) is 0 Å². The number of hydrogen-bond donors (Lipinski definition) is 2. The summed E-state index contributed by atoms with van der Waals surface area (Å²) in [6, 6.07) is 0.